The molecule has 1 amide bonds. The van der Waals surface area contributed by atoms with Gasteiger partial charge < -0.3 is 14.8 Å². The molecule has 1 aliphatic heterocycles. The summed E-state index contributed by atoms with van der Waals surface area (Å²) in [4.78, 5) is 32.7. The normalized spacial score (nSPS) is 18.7. The molecule has 1 spiro atoms. The molecule has 138 valence electrons. The third-order valence-corrected chi connectivity index (χ3v) is 5.52. The molecule has 8 heteroatoms. The molecule has 1 aliphatic carbocycles. The number of anilines is 1. The first-order chi connectivity index (χ1) is 13.1. The van der Waals surface area contributed by atoms with Gasteiger partial charge in [-0.05, 0) is 25.0 Å². The number of nitrogens with one attached hydrogen (secondary N) is 1. The van der Waals surface area contributed by atoms with Crippen LogP contribution in [0, 0.1) is 11.2 Å². The van der Waals surface area contributed by atoms with Gasteiger partial charge in [-0.3, -0.25) is 9.78 Å². The highest BCUT2D eigenvalue weighted by Crippen LogP contribution is 2.48. The predicted octanol–water partition coefficient (Wildman–Crippen LogP) is 2.23. The molecule has 1 saturated carbocycles. The maximum atomic E-state index is 13.5. The number of nitrogens with zero attached hydrogens (tertiary/aromatic N) is 5. The van der Waals surface area contributed by atoms with Crippen LogP contribution >= 0.6 is 0 Å². The van der Waals surface area contributed by atoms with E-state index in [1.807, 2.05) is 17.2 Å². The summed E-state index contributed by atoms with van der Waals surface area (Å²) in [6.07, 6.45) is 8.13. The van der Waals surface area contributed by atoms with E-state index in [0.29, 0.717) is 25.2 Å². The van der Waals surface area contributed by atoms with Crippen molar-refractivity contribution in [3.05, 3.63) is 48.4 Å². The van der Waals surface area contributed by atoms with Gasteiger partial charge in [-0.2, -0.15) is 0 Å². The van der Waals surface area contributed by atoms with Crippen LogP contribution in [0.2, 0.25) is 0 Å². The molecule has 2 aliphatic rings. The quantitative estimate of drug-likeness (QED) is 0.753. The van der Waals surface area contributed by atoms with Crippen LogP contribution in [-0.2, 0) is 0 Å². The third-order valence-electron chi connectivity index (χ3n) is 5.52. The number of aromatic nitrogens is 4. The molecule has 27 heavy (non-hydrogen) atoms. The van der Waals surface area contributed by atoms with Gasteiger partial charge in [0.15, 0.2) is 0 Å². The van der Waals surface area contributed by atoms with Crippen LogP contribution in [0.4, 0.5) is 10.2 Å². The van der Waals surface area contributed by atoms with Crippen molar-refractivity contribution in [2.24, 2.45) is 5.41 Å². The van der Waals surface area contributed by atoms with E-state index in [9.17, 15) is 9.18 Å². The Hall–Kier alpha value is -3.03. The minimum atomic E-state index is -0.491. The topological polar surface area (TPSA) is 78.0 Å². The lowest BCUT2D eigenvalue weighted by Gasteiger charge is -2.25. The lowest BCUT2D eigenvalue weighted by atomic mass is 10.1. The summed E-state index contributed by atoms with van der Waals surface area (Å²) in [6.45, 7) is 2.77. The number of hydrogen-bond donors (Lipinski definition) is 1. The monoisotopic (exact) mass is 366 g/mol. The van der Waals surface area contributed by atoms with Crippen molar-refractivity contribution in [3.63, 3.8) is 0 Å². The second-order valence-corrected chi connectivity index (χ2v) is 7.48. The van der Waals surface area contributed by atoms with Crippen molar-refractivity contribution in [3.8, 4) is 0 Å². The van der Waals surface area contributed by atoms with E-state index in [0.717, 1.165) is 42.4 Å². The highest BCUT2D eigenvalue weighted by Gasteiger charge is 2.48. The summed E-state index contributed by atoms with van der Waals surface area (Å²) < 4.78 is 13.5. The Morgan fingerprint density at radius 2 is 2.07 bits per heavy atom. The minimum Gasteiger partial charge on any atom is -0.354 e. The number of pyridine rings is 1. The van der Waals surface area contributed by atoms with E-state index >= 15 is 0 Å². The molecule has 5 rings (SSSR count). The van der Waals surface area contributed by atoms with Crippen molar-refractivity contribution in [2.75, 3.05) is 31.1 Å². The van der Waals surface area contributed by atoms with Gasteiger partial charge in [0.1, 0.15) is 23.6 Å². The number of aromatic amines is 1. The van der Waals surface area contributed by atoms with Gasteiger partial charge in [-0.25, -0.2) is 14.4 Å². The van der Waals surface area contributed by atoms with Crippen LogP contribution < -0.4 is 4.90 Å². The van der Waals surface area contributed by atoms with Gasteiger partial charge in [-0.1, -0.05) is 0 Å². The van der Waals surface area contributed by atoms with Crippen molar-refractivity contribution >= 4 is 22.8 Å². The number of rotatable bonds is 2. The van der Waals surface area contributed by atoms with E-state index in [1.165, 1.54) is 12.3 Å². The van der Waals surface area contributed by atoms with Gasteiger partial charge in [0, 0.05) is 44.0 Å². The molecule has 0 aromatic carbocycles. The Bertz CT molecular complexity index is 1010. The average Bonchev–Trinajstić information content (AvgIpc) is 3.32. The zero-order chi connectivity index (χ0) is 18.4. The average molecular weight is 366 g/mol. The fourth-order valence-electron chi connectivity index (χ4n) is 3.93. The number of hydrogen-bond acceptors (Lipinski definition) is 5. The molecule has 1 N–H and O–H groups in total. The SMILES string of the molecule is O=C(c1cncc(F)c1)N1CCN(c2ncnc3[nH]ccc23)CC2(CC2)C1. The van der Waals surface area contributed by atoms with Crippen LogP contribution in [0.3, 0.4) is 0 Å². The summed E-state index contributed by atoms with van der Waals surface area (Å²) in [7, 11) is 0. The number of fused-ring (bicyclic) bond motifs is 1. The largest absolute Gasteiger partial charge is 0.354 e. The molecule has 2 fully saturated rings. The van der Waals surface area contributed by atoms with Crippen LogP contribution in [-0.4, -0.2) is 56.9 Å². The zero-order valence-electron chi connectivity index (χ0n) is 14.7. The van der Waals surface area contributed by atoms with Gasteiger partial charge in [0.25, 0.3) is 5.91 Å². The van der Waals surface area contributed by atoms with Crippen molar-refractivity contribution in [1.82, 2.24) is 24.8 Å². The molecule has 7 nitrogen and oxygen atoms in total. The third kappa shape index (κ3) is 2.90. The van der Waals surface area contributed by atoms with Gasteiger partial charge in [-0.15, -0.1) is 0 Å². The van der Waals surface area contributed by atoms with E-state index in [-0.39, 0.29) is 11.3 Å². The lowest BCUT2D eigenvalue weighted by Crippen LogP contribution is -2.36. The summed E-state index contributed by atoms with van der Waals surface area (Å²) in [5, 5.41) is 0.988. The Morgan fingerprint density at radius 3 is 2.89 bits per heavy atom. The molecule has 4 heterocycles. The molecule has 0 bridgehead atoms. The first-order valence-corrected chi connectivity index (χ1v) is 9.06. The lowest BCUT2D eigenvalue weighted by molar-refractivity contribution is 0.0740. The maximum absolute atomic E-state index is 13.5. The predicted molar refractivity (Wildman–Crippen MR) is 97.9 cm³/mol. The van der Waals surface area contributed by atoms with Crippen molar-refractivity contribution in [1.29, 1.82) is 0 Å². The number of carbonyl (C=O) groups is 1. The first-order valence-electron chi connectivity index (χ1n) is 9.06. The Morgan fingerprint density at radius 1 is 1.19 bits per heavy atom. The highest BCUT2D eigenvalue weighted by atomic mass is 19.1. The summed E-state index contributed by atoms with van der Waals surface area (Å²) in [5.41, 5.74) is 1.20. The van der Waals surface area contributed by atoms with E-state index in [2.05, 4.69) is 24.8 Å². The fourth-order valence-corrected chi connectivity index (χ4v) is 3.93. The van der Waals surface area contributed by atoms with Crippen molar-refractivity contribution < 1.29 is 9.18 Å². The molecular formula is C19H19FN6O. The second-order valence-electron chi connectivity index (χ2n) is 7.48. The number of halogens is 1. The Kier molecular flexibility index (Phi) is 3.60. The molecule has 0 radical (unpaired) electrons. The zero-order valence-corrected chi connectivity index (χ0v) is 14.7. The molecule has 0 atom stereocenters. The second kappa shape index (κ2) is 6.00. The number of carbonyl (C=O) groups excluding carboxylic acids is 1. The van der Waals surface area contributed by atoms with Crippen LogP contribution in [0.5, 0.6) is 0 Å². The smallest absolute Gasteiger partial charge is 0.255 e. The molecule has 0 unspecified atom stereocenters. The van der Waals surface area contributed by atoms with Gasteiger partial charge in [0.2, 0.25) is 0 Å². The van der Waals surface area contributed by atoms with Crippen LogP contribution in [0.15, 0.2) is 37.1 Å². The summed E-state index contributed by atoms with van der Waals surface area (Å²) in [5.74, 6) is 0.244. The van der Waals surface area contributed by atoms with Crippen LogP contribution in [0.1, 0.15) is 23.2 Å². The van der Waals surface area contributed by atoms with E-state index in [4.69, 9.17) is 0 Å². The molecule has 3 aromatic heterocycles. The van der Waals surface area contributed by atoms with Crippen LogP contribution in [0.25, 0.3) is 11.0 Å². The minimum absolute atomic E-state index is 0.0838. The Balaban J connectivity index is 1.44. The first kappa shape index (κ1) is 16.2. The van der Waals surface area contributed by atoms with Gasteiger partial charge >= 0.3 is 0 Å². The molecular weight excluding hydrogens is 347 g/mol. The van der Waals surface area contributed by atoms with E-state index < -0.39 is 5.82 Å². The summed E-state index contributed by atoms with van der Waals surface area (Å²) >= 11 is 0. The molecule has 1 saturated heterocycles. The number of amides is 1. The molecule has 3 aromatic rings. The van der Waals surface area contributed by atoms with E-state index in [1.54, 1.807) is 6.33 Å². The fraction of sp³-hybridized carbons (Fsp3) is 0.368. The number of H-pyrrole nitrogens is 1. The highest BCUT2D eigenvalue weighted by molar-refractivity contribution is 5.94. The van der Waals surface area contributed by atoms with Gasteiger partial charge in [0.05, 0.1) is 17.1 Å². The standard InChI is InChI=1S/C19H19FN6O/c20-14-7-13(8-21-9-14)18(27)26-6-5-25(10-19(11-26)2-3-19)17-15-1-4-22-16(15)23-12-24-17/h1,4,7-9,12H,2-3,5-6,10-11H2,(H,22,23,24). The Labute approximate surface area is 155 Å². The maximum Gasteiger partial charge on any atom is 0.255 e. The van der Waals surface area contributed by atoms with Crippen molar-refractivity contribution in [2.45, 2.75) is 12.8 Å². The summed E-state index contributed by atoms with van der Waals surface area (Å²) in [6, 6.07) is 3.24.